The SMILES string of the molecule is CCC1C[C@H](OC(=O)N2CC[C@@H](O)C2)C[C@@H]1c1nnc2cnc3[nH]ccc3n12. The Bertz CT molecular complexity index is 1010. The number of rotatable bonds is 3. The van der Waals surface area contributed by atoms with Gasteiger partial charge >= 0.3 is 6.09 Å². The van der Waals surface area contributed by atoms with E-state index >= 15 is 0 Å². The number of β-amino-alcohol motifs (C(OH)–C–C–N with tert-alkyl or cyclic N) is 1. The zero-order valence-corrected chi connectivity index (χ0v) is 15.8. The molecule has 1 aliphatic carbocycles. The van der Waals surface area contributed by atoms with Crippen LogP contribution in [0.4, 0.5) is 4.79 Å². The zero-order chi connectivity index (χ0) is 19.3. The average Bonchev–Trinajstić information content (AvgIpc) is 3.45. The second-order valence-corrected chi connectivity index (χ2v) is 7.86. The number of carbonyl (C=O) groups excluding carboxylic acids is 1. The summed E-state index contributed by atoms with van der Waals surface area (Å²) in [5.74, 6) is 1.45. The van der Waals surface area contributed by atoms with Crippen molar-refractivity contribution in [1.29, 1.82) is 0 Å². The van der Waals surface area contributed by atoms with Crippen LogP contribution in [0.5, 0.6) is 0 Å². The molecule has 0 radical (unpaired) electrons. The van der Waals surface area contributed by atoms with Crippen LogP contribution in [0, 0.1) is 5.92 Å². The van der Waals surface area contributed by atoms with Crippen LogP contribution in [-0.4, -0.2) is 66.0 Å². The van der Waals surface area contributed by atoms with E-state index < -0.39 is 6.10 Å². The van der Waals surface area contributed by atoms with Crippen molar-refractivity contribution in [1.82, 2.24) is 29.5 Å². The van der Waals surface area contributed by atoms with Crippen molar-refractivity contribution in [2.24, 2.45) is 5.92 Å². The number of aliphatic hydroxyl groups is 1. The minimum absolute atomic E-state index is 0.143. The van der Waals surface area contributed by atoms with Crippen LogP contribution in [0.15, 0.2) is 18.5 Å². The predicted octanol–water partition coefficient (Wildman–Crippen LogP) is 2.08. The van der Waals surface area contributed by atoms with Crippen LogP contribution < -0.4 is 0 Å². The number of carbonyl (C=O) groups is 1. The zero-order valence-electron chi connectivity index (χ0n) is 15.8. The summed E-state index contributed by atoms with van der Waals surface area (Å²) in [7, 11) is 0. The molecule has 0 aromatic carbocycles. The number of aliphatic hydroxyl groups excluding tert-OH is 1. The topological polar surface area (TPSA) is 109 Å². The molecular formula is C19H24N6O3. The lowest BCUT2D eigenvalue weighted by Crippen LogP contribution is -2.32. The molecule has 9 nitrogen and oxygen atoms in total. The number of hydrogen-bond donors (Lipinski definition) is 2. The fraction of sp³-hybridized carbons (Fsp3) is 0.579. The van der Waals surface area contributed by atoms with Gasteiger partial charge < -0.3 is 19.7 Å². The number of hydrogen-bond acceptors (Lipinski definition) is 6. The maximum absolute atomic E-state index is 12.4. The van der Waals surface area contributed by atoms with Gasteiger partial charge in [0.25, 0.3) is 0 Å². The Labute approximate surface area is 161 Å². The van der Waals surface area contributed by atoms with E-state index in [1.165, 1.54) is 0 Å². The Morgan fingerprint density at radius 1 is 1.39 bits per heavy atom. The molecule has 148 valence electrons. The third-order valence-electron chi connectivity index (χ3n) is 6.16. The monoisotopic (exact) mass is 384 g/mol. The molecule has 4 heterocycles. The highest BCUT2D eigenvalue weighted by atomic mass is 16.6. The second kappa shape index (κ2) is 6.73. The number of amides is 1. The van der Waals surface area contributed by atoms with Gasteiger partial charge in [0.2, 0.25) is 0 Å². The third kappa shape index (κ3) is 2.81. The highest BCUT2D eigenvalue weighted by Crippen LogP contribution is 2.42. The number of nitrogens with zero attached hydrogens (tertiary/aromatic N) is 5. The van der Waals surface area contributed by atoms with Crippen LogP contribution in [0.1, 0.15) is 44.3 Å². The van der Waals surface area contributed by atoms with Gasteiger partial charge in [0.05, 0.1) is 17.8 Å². The maximum atomic E-state index is 12.4. The molecule has 2 fully saturated rings. The Hall–Kier alpha value is -2.68. The van der Waals surface area contributed by atoms with E-state index in [1.807, 2.05) is 12.3 Å². The Balaban J connectivity index is 1.40. The average molecular weight is 384 g/mol. The van der Waals surface area contributed by atoms with E-state index in [9.17, 15) is 9.90 Å². The fourth-order valence-corrected chi connectivity index (χ4v) is 4.70. The highest BCUT2D eigenvalue weighted by Gasteiger charge is 2.40. The normalized spacial score (nSPS) is 27.9. The molecule has 28 heavy (non-hydrogen) atoms. The minimum atomic E-state index is -0.438. The molecule has 4 atom stereocenters. The molecule has 3 aromatic heterocycles. The Morgan fingerprint density at radius 3 is 3.07 bits per heavy atom. The van der Waals surface area contributed by atoms with Crippen molar-refractivity contribution in [3.8, 4) is 0 Å². The van der Waals surface area contributed by atoms with E-state index in [-0.39, 0.29) is 18.1 Å². The molecule has 1 saturated heterocycles. The van der Waals surface area contributed by atoms with Crippen LogP contribution in [0.25, 0.3) is 16.8 Å². The Kier molecular flexibility index (Phi) is 4.19. The lowest BCUT2D eigenvalue weighted by molar-refractivity contribution is 0.0651. The summed E-state index contributed by atoms with van der Waals surface area (Å²) >= 11 is 0. The van der Waals surface area contributed by atoms with Gasteiger partial charge in [-0.25, -0.2) is 9.78 Å². The summed E-state index contributed by atoms with van der Waals surface area (Å²) in [5, 5.41) is 18.4. The van der Waals surface area contributed by atoms with E-state index in [0.717, 1.165) is 41.9 Å². The highest BCUT2D eigenvalue weighted by molar-refractivity contribution is 5.74. The van der Waals surface area contributed by atoms with Gasteiger partial charge in [0, 0.05) is 25.2 Å². The molecule has 1 unspecified atom stereocenters. The van der Waals surface area contributed by atoms with Gasteiger partial charge in [-0.3, -0.25) is 4.40 Å². The largest absolute Gasteiger partial charge is 0.446 e. The number of H-pyrrole nitrogens is 1. The number of aromatic nitrogens is 5. The molecule has 1 aliphatic heterocycles. The lowest BCUT2D eigenvalue weighted by atomic mass is 9.93. The molecule has 0 bridgehead atoms. The van der Waals surface area contributed by atoms with Gasteiger partial charge in [-0.05, 0) is 31.2 Å². The number of nitrogens with one attached hydrogen (secondary N) is 1. The van der Waals surface area contributed by atoms with Gasteiger partial charge in [0.1, 0.15) is 11.9 Å². The first kappa shape index (κ1) is 17.4. The minimum Gasteiger partial charge on any atom is -0.446 e. The van der Waals surface area contributed by atoms with Crippen LogP contribution in [0.2, 0.25) is 0 Å². The predicted molar refractivity (Wildman–Crippen MR) is 101 cm³/mol. The summed E-state index contributed by atoms with van der Waals surface area (Å²) in [6.45, 7) is 3.08. The molecule has 5 rings (SSSR count). The fourth-order valence-electron chi connectivity index (χ4n) is 4.70. The first-order valence-electron chi connectivity index (χ1n) is 9.94. The number of fused-ring (bicyclic) bond motifs is 3. The summed E-state index contributed by atoms with van der Waals surface area (Å²) in [4.78, 5) is 21.5. The van der Waals surface area contributed by atoms with Crippen molar-refractivity contribution in [2.45, 2.75) is 50.7 Å². The number of ether oxygens (including phenoxy) is 1. The van der Waals surface area contributed by atoms with E-state index in [4.69, 9.17) is 4.74 Å². The molecule has 2 aliphatic rings. The molecule has 9 heteroatoms. The Morgan fingerprint density at radius 2 is 2.29 bits per heavy atom. The first-order valence-corrected chi connectivity index (χ1v) is 9.94. The lowest BCUT2D eigenvalue weighted by Gasteiger charge is -2.19. The molecular weight excluding hydrogens is 360 g/mol. The molecule has 1 saturated carbocycles. The molecule has 3 aromatic rings. The van der Waals surface area contributed by atoms with Crippen LogP contribution >= 0.6 is 0 Å². The molecule has 1 amide bonds. The maximum Gasteiger partial charge on any atom is 0.410 e. The van der Waals surface area contributed by atoms with E-state index in [1.54, 1.807) is 11.1 Å². The summed E-state index contributed by atoms with van der Waals surface area (Å²) in [6.07, 6.45) is 5.84. The third-order valence-corrected chi connectivity index (χ3v) is 6.16. The van der Waals surface area contributed by atoms with Gasteiger partial charge in [-0.15, -0.1) is 10.2 Å². The summed E-state index contributed by atoms with van der Waals surface area (Å²) < 4.78 is 7.85. The molecule has 2 N–H and O–H groups in total. The van der Waals surface area contributed by atoms with Gasteiger partial charge in [-0.1, -0.05) is 13.3 Å². The summed E-state index contributed by atoms with van der Waals surface area (Å²) in [5.41, 5.74) is 2.48. The second-order valence-electron chi connectivity index (χ2n) is 7.86. The van der Waals surface area contributed by atoms with E-state index in [0.29, 0.717) is 25.4 Å². The number of aromatic amines is 1. The molecule has 0 spiro atoms. The van der Waals surface area contributed by atoms with Crippen molar-refractivity contribution in [3.63, 3.8) is 0 Å². The van der Waals surface area contributed by atoms with Crippen molar-refractivity contribution < 1.29 is 14.6 Å². The van der Waals surface area contributed by atoms with Crippen molar-refractivity contribution >= 4 is 22.9 Å². The van der Waals surface area contributed by atoms with Gasteiger partial charge in [-0.2, -0.15) is 0 Å². The first-order chi connectivity index (χ1) is 13.6. The van der Waals surface area contributed by atoms with Gasteiger partial charge in [0.15, 0.2) is 11.3 Å². The summed E-state index contributed by atoms with van der Waals surface area (Å²) in [6, 6.07) is 1.98. The smallest absolute Gasteiger partial charge is 0.410 e. The standard InChI is InChI=1S/C19H24N6O3/c1-2-11-7-13(28-19(27)24-6-4-12(26)10-24)8-14(11)18-23-22-16-9-21-17-15(25(16)18)3-5-20-17/h3,5,9,11-14,20,26H,2,4,6-8,10H2,1H3/t11?,12-,13+,14+/m1/s1. The van der Waals surface area contributed by atoms with Crippen LogP contribution in [-0.2, 0) is 4.74 Å². The van der Waals surface area contributed by atoms with E-state index in [2.05, 4.69) is 31.5 Å². The van der Waals surface area contributed by atoms with Crippen molar-refractivity contribution in [2.75, 3.05) is 13.1 Å². The number of likely N-dealkylation sites (tertiary alicyclic amines) is 1. The van der Waals surface area contributed by atoms with Crippen molar-refractivity contribution in [3.05, 3.63) is 24.3 Å². The van der Waals surface area contributed by atoms with Crippen LogP contribution in [0.3, 0.4) is 0 Å². The quantitative estimate of drug-likeness (QED) is 0.716.